The van der Waals surface area contributed by atoms with Gasteiger partial charge in [-0.25, -0.2) is 8.78 Å². The molecule has 1 aliphatic heterocycles. The molecule has 1 saturated heterocycles. The Labute approximate surface area is 156 Å². The molecular formula is C19H35F2NO4. The number of alkyl halides is 2. The molecule has 0 spiro atoms. The molecule has 1 saturated carbocycles. The lowest BCUT2D eigenvalue weighted by Gasteiger charge is -2.42. The SMILES string of the molecule is COCCOCC(F)(F)CN1CCC(OC2CC(OC(C)(C)C)C2)CC1. The van der Waals surface area contributed by atoms with Crippen molar-refractivity contribution in [1.29, 1.82) is 0 Å². The van der Waals surface area contributed by atoms with E-state index in [0.29, 0.717) is 19.7 Å². The molecule has 0 unspecified atom stereocenters. The first-order chi connectivity index (χ1) is 12.2. The molecule has 2 fully saturated rings. The van der Waals surface area contributed by atoms with Gasteiger partial charge in [0.15, 0.2) is 0 Å². The van der Waals surface area contributed by atoms with Crippen molar-refractivity contribution in [2.75, 3.05) is 46.6 Å². The Kier molecular flexibility index (Phi) is 8.22. The van der Waals surface area contributed by atoms with Gasteiger partial charge in [0.1, 0.15) is 6.61 Å². The number of piperidine rings is 1. The third kappa shape index (κ3) is 8.13. The van der Waals surface area contributed by atoms with Crippen LogP contribution in [0.3, 0.4) is 0 Å². The molecule has 0 aromatic carbocycles. The predicted molar refractivity (Wildman–Crippen MR) is 95.8 cm³/mol. The molecule has 0 aromatic heterocycles. The van der Waals surface area contributed by atoms with E-state index in [9.17, 15) is 8.78 Å². The maximum absolute atomic E-state index is 13.9. The highest BCUT2D eigenvalue weighted by molar-refractivity contribution is 4.86. The third-order valence-corrected chi connectivity index (χ3v) is 4.69. The van der Waals surface area contributed by atoms with E-state index in [0.717, 1.165) is 25.7 Å². The highest BCUT2D eigenvalue weighted by atomic mass is 19.3. The van der Waals surface area contributed by atoms with Gasteiger partial charge in [0.05, 0.1) is 43.7 Å². The minimum Gasteiger partial charge on any atom is -0.382 e. The van der Waals surface area contributed by atoms with Crippen molar-refractivity contribution in [2.24, 2.45) is 0 Å². The predicted octanol–water partition coefficient (Wildman–Crippen LogP) is 3.11. The van der Waals surface area contributed by atoms with E-state index in [4.69, 9.17) is 18.9 Å². The molecule has 0 bridgehead atoms. The van der Waals surface area contributed by atoms with Gasteiger partial charge >= 0.3 is 0 Å². The largest absolute Gasteiger partial charge is 0.382 e. The van der Waals surface area contributed by atoms with Crippen LogP contribution in [0.15, 0.2) is 0 Å². The van der Waals surface area contributed by atoms with Gasteiger partial charge in [-0.05, 0) is 46.5 Å². The van der Waals surface area contributed by atoms with Gasteiger partial charge in [0.2, 0.25) is 0 Å². The van der Waals surface area contributed by atoms with Crippen molar-refractivity contribution in [3.05, 3.63) is 0 Å². The maximum Gasteiger partial charge on any atom is 0.283 e. The van der Waals surface area contributed by atoms with Crippen molar-refractivity contribution in [2.45, 2.75) is 76.3 Å². The Morgan fingerprint density at radius 1 is 0.962 bits per heavy atom. The van der Waals surface area contributed by atoms with Crippen molar-refractivity contribution in [1.82, 2.24) is 4.90 Å². The number of hydrogen-bond donors (Lipinski definition) is 0. The number of likely N-dealkylation sites (tertiary alicyclic amines) is 1. The second kappa shape index (κ2) is 9.73. The van der Waals surface area contributed by atoms with Gasteiger partial charge in [-0.2, -0.15) is 0 Å². The van der Waals surface area contributed by atoms with Crippen LogP contribution < -0.4 is 0 Å². The molecule has 0 radical (unpaired) electrons. The monoisotopic (exact) mass is 379 g/mol. The molecule has 1 aliphatic carbocycles. The number of ether oxygens (including phenoxy) is 4. The normalized spacial score (nSPS) is 26.1. The average molecular weight is 379 g/mol. The van der Waals surface area contributed by atoms with Crippen molar-refractivity contribution >= 4 is 0 Å². The summed E-state index contributed by atoms with van der Waals surface area (Å²) in [6.07, 6.45) is 4.22. The summed E-state index contributed by atoms with van der Waals surface area (Å²) < 4.78 is 49.7. The summed E-state index contributed by atoms with van der Waals surface area (Å²) >= 11 is 0. The van der Waals surface area contributed by atoms with Crippen molar-refractivity contribution in [3.63, 3.8) is 0 Å². The standard InChI is InChI=1S/C19H35F2NO4/c1-18(2,3)26-17-11-16(12-17)25-15-5-7-22(8-6-15)13-19(20,21)14-24-10-9-23-4/h15-17H,5-14H2,1-4H3. The molecule has 2 aliphatic rings. The molecule has 26 heavy (non-hydrogen) atoms. The summed E-state index contributed by atoms with van der Waals surface area (Å²) in [5.74, 6) is -2.83. The van der Waals surface area contributed by atoms with E-state index in [1.807, 2.05) is 4.90 Å². The second-order valence-corrected chi connectivity index (χ2v) is 8.46. The number of hydrogen-bond acceptors (Lipinski definition) is 5. The highest BCUT2D eigenvalue weighted by Crippen LogP contribution is 2.32. The Morgan fingerprint density at radius 3 is 2.19 bits per heavy atom. The molecule has 1 heterocycles. The topological polar surface area (TPSA) is 40.2 Å². The van der Waals surface area contributed by atoms with E-state index in [1.54, 1.807) is 0 Å². The molecule has 0 amide bonds. The first kappa shape index (κ1) is 22.0. The van der Waals surface area contributed by atoms with E-state index in [2.05, 4.69) is 20.8 Å². The number of nitrogens with zero attached hydrogens (tertiary/aromatic N) is 1. The summed E-state index contributed by atoms with van der Waals surface area (Å²) in [6.45, 7) is 7.21. The van der Waals surface area contributed by atoms with Crippen LogP contribution in [0.5, 0.6) is 0 Å². The minimum absolute atomic E-state index is 0.112. The average Bonchev–Trinajstić information content (AvgIpc) is 2.50. The smallest absolute Gasteiger partial charge is 0.283 e. The van der Waals surface area contributed by atoms with E-state index in [-0.39, 0.29) is 37.1 Å². The van der Waals surface area contributed by atoms with Gasteiger partial charge in [0, 0.05) is 20.2 Å². The van der Waals surface area contributed by atoms with Crippen LogP contribution in [0.25, 0.3) is 0 Å². The summed E-state index contributed by atoms with van der Waals surface area (Å²) in [5.41, 5.74) is -0.112. The maximum atomic E-state index is 13.9. The molecular weight excluding hydrogens is 344 g/mol. The first-order valence-corrected chi connectivity index (χ1v) is 9.67. The summed E-state index contributed by atoms with van der Waals surface area (Å²) in [7, 11) is 1.52. The third-order valence-electron chi connectivity index (χ3n) is 4.69. The Bertz CT molecular complexity index is 403. The number of halogens is 2. The van der Waals surface area contributed by atoms with Gasteiger partial charge in [-0.3, -0.25) is 4.90 Å². The lowest BCUT2D eigenvalue weighted by molar-refractivity contribution is -0.169. The summed E-state index contributed by atoms with van der Waals surface area (Å²) in [6, 6.07) is 0. The molecule has 7 heteroatoms. The number of methoxy groups -OCH3 is 1. The van der Waals surface area contributed by atoms with Crippen LogP contribution >= 0.6 is 0 Å². The first-order valence-electron chi connectivity index (χ1n) is 9.67. The molecule has 5 nitrogen and oxygen atoms in total. The van der Waals surface area contributed by atoms with Crippen LogP contribution in [-0.4, -0.2) is 81.3 Å². The fourth-order valence-electron chi connectivity index (χ4n) is 3.44. The van der Waals surface area contributed by atoms with E-state index < -0.39 is 12.5 Å². The minimum atomic E-state index is -2.83. The summed E-state index contributed by atoms with van der Waals surface area (Å²) in [5, 5.41) is 0. The van der Waals surface area contributed by atoms with Crippen LogP contribution in [-0.2, 0) is 18.9 Å². The van der Waals surface area contributed by atoms with Crippen molar-refractivity contribution < 1.29 is 27.7 Å². The van der Waals surface area contributed by atoms with E-state index in [1.165, 1.54) is 7.11 Å². The Hall–Kier alpha value is -0.340. The Morgan fingerprint density at radius 2 is 1.62 bits per heavy atom. The molecule has 0 aromatic rings. The fraction of sp³-hybridized carbons (Fsp3) is 1.00. The van der Waals surface area contributed by atoms with Crippen molar-refractivity contribution in [3.8, 4) is 0 Å². The molecule has 2 rings (SSSR count). The molecule has 0 N–H and O–H groups in total. The van der Waals surface area contributed by atoms with Gasteiger partial charge < -0.3 is 18.9 Å². The zero-order chi connectivity index (χ0) is 19.2. The van der Waals surface area contributed by atoms with Gasteiger partial charge in [-0.1, -0.05) is 0 Å². The summed E-state index contributed by atoms with van der Waals surface area (Å²) in [4.78, 5) is 1.81. The van der Waals surface area contributed by atoms with Crippen LogP contribution in [0.4, 0.5) is 8.78 Å². The molecule has 154 valence electrons. The fourth-order valence-corrected chi connectivity index (χ4v) is 3.44. The second-order valence-electron chi connectivity index (χ2n) is 8.46. The number of rotatable bonds is 10. The van der Waals surface area contributed by atoms with Crippen LogP contribution in [0.2, 0.25) is 0 Å². The quantitative estimate of drug-likeness (QED) is 0.546. The zero-order valence-corrected chi connectivity index (χ0v) is 16.6. The molecule has 0 atom stereocenters. The van der Waals surface area contributed by atoms with Gasteiger partial charge in [-0.15, -0.1) is 0 Å². The lowest BCUT2D eigenvalue weighted by atomic mass is 9.90. The van der Waals surface area contributed by atoms with Gasteiger partial charge in [0.25, 0.3) is 5.92 Å². The Balaban J connectivity index is 1.58. The van der Waals surface area contributed by atoms with E-state index >= 15 is 0 Å². The van der Waals surface area contributed by atoms with Crippen LogP contribution in [0.1, 0.15) is 46.5 Å². The lowest BCUT2D eigenvalue weighted by Crippen LogP contribution is -2.48. The zero-order valence-electron chi connectivity index (χ0n) is 16.6. The van der Waals surface area contributed by atoms with Crippen LogP contribution in [0, 0.1) is 0 Å². The highest BCUT2D eigenvalue weighted by Gasteiger charge is 2.37.